The van der Waals surface area contributed by atoms with Crippen molar-refractivity contribution < 1.29 is 4.79 Å². The molecule has 1 heterocycles. The molecule has 1 aliphatic rings. The van der Waals surface area contributed by atoms with Gasteiger partial charge in [-0.25, -0.2) is 4.99 Å². The van der Waals surface area contributed by atoms with Gasteiger partial charge in [0.2, 0.25) is 5.91 Å². The molecule has 1 unspecified atom stereocenters. The molecule has 0 spiro atoms. The summed E-state index contributed by atoms with van der Waals surface area (Å²) in [5.74, 6) is 1.25. The lowest BCUT2D eigenvalue weighted by Crippen LogP contribution is -2.40. The van der Waals surface area contributed by atoms with Gasteiger partial charge in [0.15, 0.2) is 5.96 Å². The number of halogens is 1. The van der Waals surface area contributed by atoms with Crippen molar-refractivity contribution in [2.45, 2.75) is 46.7 Å². The number of primary amides is 1. The lowest BCUT2D eigenvalue weighted by atomic mass is 9.97. The molecule has 158 valence electrons. The summed E-state index contributed by atoms with van der Waals surface area (Å²) in [5, 5.41) is 6.66. The summed E-state index contributed by atoms with van der Waals surface area (Å²) < 4.78 is 0. The fourth-order valence-corrected chi connectivity index (χ4v) is 3.33. The highest BCUT2D eigenvalue weighted by atomic mass is 127. The van der Waals surface area contributed by atoms with Crippen LogP contribution in [-0.2, 0) is 17.9 Å². The molecule has 1 aromatic carbocycles. The molecular formula is C21H36IN5O. The van der Waals surface area contributed by atoms with E-state index in [1.54, 1.807) is 0 Å². The van der Waals surface area contributed by atoms with Gasteiger partial charge in [0.05, 0.1) is 12.5 Å². The summed E-state index contributed by atoms with van der Waals surface area (Å²) >= 11 is 0. The molecular weight excluding hydrogens is 465 g/mol. The van der Waals surface area contributed by atoms with Crippen molar-refractivity contribution in [3.05, 3.63) is 35.4 Å². The Labute approximate surface area is 186 Å². The average Bonchev–Trinajstić information content (AvgIpc) is 2.64. The molecule has 7 heteroatoms. The van der Waals surface area contributed by atoms with Gasteiger partial charge in [-0.2, -0.15) is 0 Å². The van der Waals surface area contributed by atoms with Crippen molar-refractivity contribution in [1.82, 2.24) is 15.5 Å². The second kappa shape index (κ2) is 13.0. The van der Waals surface area contributed by atoms with Gasteiger partial charge in [-0.15, -0.1) is 24.0 Å². The van der Waals surface area contributed by atoms with E-state index in [0.717, 1.165) is 51.5 Å². The Morgan fingerprint density at radius 2 is 2.07 bits per heavy atom. The summed E-state index contributed by atoms with van der Waals surface area (Å²) in [5.41, 5.74) is 7.94. The SMILES string of the molecule is CCNC(=NCc1cccc(CN2CCCC(C(N)=O)C2)c1)NCC(C)C.I. The molecule has 6 nitrogen and oxygen atoms in total. The van der Waals surface area contributed by atoms with Gasteiger partial charge in [-0.3, -0.25) is 9.69 Å². The first-order valence-electron chi connectivity index (χ1n) is 10.1. The molecule has 1 atom stereocenters. The maximum atomic E-state index is 11.5. The first-order chi connectivity index (χ1) is 13.0. The first-order valence-corrected chi connectivity index (χ1v) is 10.1. The van der Waals surface area contributed by atoms with E-state index in [1.165, 1.54) is 11.1 Å². The number of piperidine rings is 1. The van der Waals surface area contributed by atoms with Crippen LogP contribution in [0.4, 0.5) is 0 Å². The fraction of sp³-hybridized carbons (Fsp3) is 0.619. The quantitative estimate of drug-likeness (QED) is 0.291. The summed E-state index contributed by atoms with van der Waals surface area (Å²) in [6.07, 6.45) is 1.95. The van der Waals surface area contributed by atoms with Crippen LogP contribution in [0, 0.1) is 11.8 Å². The number of hydrogen-bond donors (Lipinski definition) is 3. The van der Waals surface area contributed by atoms with Crippen LogP contribution < -0.4 is 16.4 Å². The number of carbonyl (C=O) groups is 1. The van der Waals surface area contributed by atoms with Gasteiger partial charge in [0, 0.05) is 26.2 Å². The van der Waals surface area contributed by atoms with E-state index in [9.17, 15) is 4.79 Å². The highest BCUT2D eigenvalue weighted by Gasteiger charge is 2.23. The smallest absolute Gasteiger partial charge is 0.221 e. The number of carbonyl (C=O) groups excluding carboxylic acids is 1. The second-order valence-electron chi connectivity index (χ2n) is 7.77. The number of nitrogens with one attached hydrogen (secondary N) is 2. The molecule has 28 heavy (non-hydrogen) atoms. The first kappa shape index (κ1) is 24.7. The lowest BCUT2D eigenvalue weighted by molar-refractivity contribution is -0.123. The van der Waals surface area contributed by atoms with Crippen molar-refractivity contribution in [3.8, 4) is 0 Å². The fourth-order valence-electron chi connectivity index (χ4n) is 3.33. The molecule has 0 saturated carbocycles. The monoisotopic (exact) mass is 501 g/mol. The number of nitrogens with two attached hydrogens (primary N) is 1. The number of aliphatic imine (C=N–C) groups is 1. The molecule has 2 rings (SSSR count). The van der Waals surface area contributed by atoms with Crippen LogP contribution in [-0.4, -0.2) is 42.9 Å². The van der Waals surface area contributed by atoms with Crippen molar-refractivity contribution in [3.63, 3.8) is 0 Å². The minimum absolute atomic E-state index is 0. The van der Waals surface area contributed by atoms with E-state index in [-0.39, 0.29) is 35.8 Å². The second-order valence-corrected chi connectivity index (χ2v) is 7.77. The molecule has 1 aromatic rings. The Kier molecular flexibility index (Phi) is 11.4. The zero-order valence-corrected chi connectivity index (χ0v) is 19.7. The number of likely N-dealkylation sites (tertiary alicyclic amines) is 1. The van der Waals surface area contributed by atoms with Gasteiger partial charge in [0.1, 0.15) is 0 Å². The van der Waals surface area contributed by atoms with E-state index in [4.69, 9.17) is 10.7 Å². The van der Waals surface area contributed by atoms with E-state index >= 15 is 0 Å². The minimum Gasteiger partial charge on any atom is -0.369 e. The number of amides is 1. The number of rotatable bonds is 8. The Balaban J connectivity index is 0.00000392. The van der Waals surface area contributed by atoms with Crippen LogP contribution in [0.3, 0.4) is 0 Å². The Hall–Kier alpha value is -1.35. The third-order valence-electron chi connectivity index (χ3n) is 4.75. The molecule has 0 bridgehead atoms. The van der Waals surface area contributed by atoms with Crippen LogP contribution >= 0.6 is 24.0 Å². The zero-order valence-electron chi connectivity index (χ0n) is 17.4. The summed E-state index contributed by atoms with van der Waals surface area (Å²) in [6.45, 7) is 11.5. The van der Waals surface area contributed by atoms with Crippen LogP contribution in [0.15, 0.2) is 29.3 Å². The van der Waals surface area contributed by atoms with Crippen molar-refractivity contribution in [2.75, 3.05) is 26.2 Å². The predicted molar refractivity (Wildman–Crippen MR) is 127 cm³/mol. The summed E-state index contributed by atoms with van der Waals surface area (Å²) in [6, 6.07) is 8.55. The van der Waals surface area contributed by atoms with Gasteiger partial charge in [-0.05, 0) is 43.4 Å². The standard InChI is InChI=1S/C21H35N5O.HI/c1-4-23-21(24-12-16(2)3)25-13-17-7-5-8-18(11-17)14-26-10-6-9-19(15-26)20(22)27;/h5,7-8,11,16,19H,4,6,9-10,12-15H2,1-3H3,(H2,22,27)(H2,23,24,25);1H. The predicted octanol–water partition coefficient (Wildman–Crippen LogP) is 2.71. The lowest BCUT2D eigenvalue weighted by Gasteiger charge is -2.31. The van der Waals surface area contributed by atoms with Crippen LogP contribution in [0.5, 0.6) is 0 Å². The number of guanidine groups is 1. The average molecular weight is 501 g/mol. The molecule has 1 fully saturated rings. The summed E-state index contributed by atoms with van der Waals surface area (Å²) in [7, 11) is 0. The molecule has 4 N–H and O–H groups in total. The normalized spacial score (nSPS) is 17.9. The highest BCUT2D eigenvalue weighted by molar-refractivity contribution is 14.0. The van der Waals surface area contributed by atoms with E-state index in [1.807, 2.05) is 0 Å². The largest absolute Gasteiger partial charge is 0.369 e. The number of nitrogens with zero attached hydrogens (tertiary/aromatic N) is 2. The zero-order chi connectivity index (χ0) is 19.6. The van der Waals surface area contributed by atoms with Gasteiger partial charge in [0.25, 0.3) is 0 Å². The Bertz CT molecular complexity index is 635. The number of benzene rings is 1. The maximum absolute atomic E-state index is 11.5. The topological polar surface area (TPSA) is 82.8 Å². The molecule has 0 aliphatic carbocycles. The van der Waals surface area contributed by atoms with Crippen LogP contribution in [0.25, 0.3) is 0 Å². The Morgan fingerprint density at radius 3 is 2.75 bits per heavy atom. The van der Waals surface area contributed by atoms with Crippen molar-refractivity contribution in [2.24, 2.45) is 22.6 Å². The third kappa shape index (κ3) is 8.77. The van der Waals surface area contributed by atoms with E-state index < -0.39 is 0 Å². The number of hydrogen-bond acceptors (Lipinski definition) is 3. The minimum atomic E-state index is -0.173. The molecule has 1 aliphatic heterocycles. The molecule has 0 aromatic heterocycles. The van der Waals surface area contributed by atoms with Crippen LogP contribution in [0.1, 0.15) is 44.7 Å². The molecule has 0 radical (unpaired) electrons. The van der Waals surface area contributed by atoms with E-state index in [0.29, 0.717) is 12.5 Å². The Morgan fingerprint density at radius 1 is 1.32 bits per heavy atom. The van der Waals surface area contributed by atoms with E-state index in [2.05, 4.69) is 60.6 Å². The molecule has 1 amide bonds. The molecule has 1 saturated heterocycles. The summed E-state index contributed by atoms with van der Waals surface area (Å²) in [4.78, 5) is 18.5. The highest BCUT2D eigenvalue weighted by Crippen LogP contribution is 2.19. The van der Waals surface area contributed by atoms with Crippen molar-refractivity contribution >= 4 is 35.8 Å². The van der Waals surface area contributed by atoms with Gasteiger partial charge in [-0.1, -0.05) is 38.1 Å². The third-order valence-corrected chi connectivity index (χ3v) is 4.75. The van der Waals surface area contributed by atoms with Crippen LogP contribution in [0.2, 0.25) is 0 Å². The van der Waals surface area contributed by atoms with Gasteiger partial charge < -0.3 is 16.4 Å². The van der Waals surface area contributed by atoms with Gasteiger partial charge >= 0.3 is 0 Å². The van der Waals surface area contributed by atoms with Crippen molar-refractivity contribution in [1.29, 1.82) is 0 Å². The maximum Gasteiger partial charge on any atom is 0.221 e.